The predicted octanol–water partition coefficient (Wildman–Crippen LogP) is 1.45. The highest BCUT2D eigenvalue weighted by Crippen LogP contribution is 2.13. The lowest BCUT2D eigenvalue weighted by atomic mass is 10.1. The van der Waals surface area contributed by atoms with Crippen LogP contribution in [0.1, 0.15) is 38.4 Å². The molecule has 1 fully saturated rings. The van der Waals surface area contributed by atoms with E-state index in [1.807, 2.05) is 25.1 Å². The van der Waals surface area contributed by atoms with Crippen molar-refractivity contribution in [2.75, 3.05) is 13.1 Å². The van der Waals surface area contributed by atoms with E-state index in [4.69, 9.17) is 0 Å². The molecule has 114 valence electrons. The summed E-state index contributed by atoms with van der Waals surface area (Å²) in [6.07, 6.45) is 3.53. The minimum absolute atomic E-state index is 0.0483. The Bertz CT molecular complexity index is 492. The number of carbonyl (C=O) groups excluding carboxylic acids is 2. The molecule has 2 atom stereocenters. The van der Waals surface area contributed by atoms with Gasteiger partial charge < -0.3 is 15.5 Å². The van der Waals surface area contributed by atoms with Crippen LogP contribution in [0.5, 0.6) is 0 Å². The van der Waals surface area contributed by atoms with Crippen LogP contribution in [-0.2, 0) is 4.79 Å². The summed E-state index contributed by atoms with van der Waals surface area (Å²) in [7, 11) is 0. The summed E-state index contributed by atoms with van der Waals surface area (Å²) in [5, 5.41) is 5.83. The number of carbonyl (C=O) groups is 2. The zero-order valence-corrected chi connectivity index (χ0v) is 12.5. The molecule has 2 rings (SSSR count). The van der Waals surface area contributed by atoms with Gasteiger partial charge in [-0.15, -0.1) is 0 Å². The van der Waals surface area contributed by atoms with Crippen LogP contribution in [0.2, 0.25) is 0 Å². The van der Waals surface area contributed by atoms with Crippen LogP contribution in [0.4, 0.5) is 4.79 Å². The Kier molecular flexibility index (Phi) is 5.14. The molecule has 2 heterocycles. The molecule has 0 bridgehead atoms. The fourth-order valence-corrected chi connectivity index (χ4v) is 2.55. The number of pyridine rings is 1. The monoisotopic (exact) mass is 290 g/mol. The number of hydrogen-bond acceptors (Lipinski definition) is 3. The smallest absolute Gasteiger partial charge is 0.317 e. The summed E-state index contributed by atoms with van der Waals surface area (Å²) in [5.41, 5.74) is 0.835. The average molecular weight is 290 g/mol. The van der Waals surface area contributed by atoms with E-state index in [0.29, 0.717) is 6.54 Å². The number of urea groups is 1. The normalized spacial score (nSPS) is 19.7. The minimum atomic E-state index is -0.139. The third-order valence-corrected chi connectivity index (χ3v) is 3.59. The van der Waals surface area contributed by atoms with Crippen LogP contribution in [0, 0.1) is 0 Å². The quantitative estimate of drug-likeness (QED) is 0.885. The third kappa shape index (κ3) is 4.44. The molecule has 1 saturated heterocycles. The van der Waals surface area contributed by atoms with Crippen molar-refractivity contribution in [3.63, 3.8) is 0 Å². The van der Waals surface area contributed by atoms with Crippen LogP contribution >= 0.6 is 0 Å². The maximum Gasteiger partial charge on any atom is 0.317 e. The summed E-state index contributed by atoms with van der Waals surface area (Å²) in [6.45, 7) is 4.69. The molecule has 0 saturated carbocycles. The van der Waals surface area contributed by atoms with Gasteiger partial charge in [0.05, 0.1) is 11.7 Å². The number of nitrogens with one attached hydrogen (secondary N) is 2. The lowest BCUT2D eigenvalue weighted by Crippen LogP contribution is -2.52. The second-order valence-electron chi connectivity index (χ2n) is 5.41. The summed E-state index contributed by atoms with van der Waals surface area (Å²) < 4.78 is 0. The highest BCUT2D eigenvalue weighted by Gasteiger charge is 2.25. The van der Waals surface area contributed by atoms with Crippen molar-refractivity contribution >= 4 is 11.9 Å². The van der Waals surface area contributed by atoms with Crippen LogP contribution < -0.4 is 10.6 Å². The topological polar surface area (TPSA) is 74.3 Å². The Balaban J connectivity index is 1.89. The van der Waals surface area contributed by atoms with Crippen molar-refractivity contribution in [2.45, 2.75) is 38.8 Å². The van der Waals surface area contributed by atoms with Crippen LogP contribution in [0.15, 0.2) is 24.4 Å². The number of rotatable bonds is 3. The van der Waals surface area contributed by atoms with Crippen LogP contribution in [0.25, 0.3) is 0 Å². The van der Waals surface area contributed by atoms with E-state index in [1.54, 1.807) is 11.1 Å². The first-order valence-corrected chi connectivity index (χ1v) is 7.29. The second-order valence-corrected chi connectivity index (χ2v) is 5.41. The molecule has 1 aromatic heterocycles. The molecule has 0 aromatic carbocycles. The highest BCUT2D eigenvalue weighted by atomic mass is 16.2. The fraction of sp³-hybridized carbons (Fsp3) is 0.533. The van der Waals surface area contributed by atoms with Gasteiger partial charge in [0.2, 0.25) is 5.91 Å². The molecule has 0 radical (unpaired) electrons. The van der Waals surface area contributed by atoms with E-state index in [2.05, 4.69) is 15.6 Å². The van der Waals surface area contributed by atoms with Gasteiger partial charge in [-0.2, -0.15) is 0 Å². The van der Waals surface area contributed by atoms with Crippen LogP contribution in [0.3, 0.4) is 0 Å². The third-order valence-electron chi connectivity index (χ3n) is 3.59. The predicted molar refractivity (Wildman–Crippen MR) is 79.6 cm³/mol. The molecular formula is C15H22N4O2. The summed E-state index contributed by atoms with van der Waals surface area (Å²) >= 11 is 0. The van der Waals surface area contributed by atoms with Gasteiger partial charge in [-0.3, -0.25) is 9.78 Å². The zero-order valence-electron chi connectivity index (χ0n) is 12.5. The largest absolute Gasteiger partial charge is 0.352 e. The molecule has 0 unspecified atom stereocenters. The van der Waals surface area contributed by atoms with Gasteiger partial charge in [-0.1, -0.05) is 6.07 Å². The van der Waals surface area contributed by atoms with Gasteiger partial charge in [0.1, 0.15) is 0 Å². The molecule has 1 aliphatic rings. The van der Waals surface area contributed by atoms with Gasteiger partial charge in [0.25, 0.3) is 0 Å². The fourth-order valence-electron chi connectivity index (χ4n) is 2.55. The Morgan fingerprint density at radius 2 is 2.24 bits per heavy atom. The van der Waals surface area contributed by atoms with Gasteiger partial charge in [-0.25, -0.2) is 4.79 Å². The van der Waals surface area contributed by atoms with E-state index in [-0.39, 0.29) is 24.0 Å². The minimum Gasteiger partial charge on any atom is -0.352 e. The van der Waals surface area contributed by atoms with Gasteiger partial charge >= 0.3 is 6.03 Å². The molecule has 1 aromatic rings. The maximum absolute atomic E-state index is 12.3. The number of piperidine rings is 1. The van der Waals surface area contributed by atoms with Crippen molar-refractivity contribution in [2.24, 2.45) is 0 Å². The van der Waals surface area contributed by atoms with E-state index in [9.17, 15) is 9.59 Å². The first-order chi connectivity index (χ1) is 10.1. The van der Waals surface area contributed by atoms with E-state index in [1.165, 1.54) is 6.92 Å². The molecule has 6 heteroatoms. The molecular weight excluding hydrogens is 268 g/mol. The molecule has 0 aliphatic carbocycles. The molecule has 21 heavy (non-hydrogen) atoms. The Hall–Kier alpha value is -2.11. The maximum atomic E-state index is 12.3. The lowest BCUT2D eigenvalue weighted by molar-refractivity contribution is -0.119. The number of aromatic nitrogens is 1. The van der Waals surface area contributed by atoms with Gasteiger partial charge in [0, 0.05) is 32.3 Å². The van der Waals surface area contributed by atoms with Crippen molar-refractivity contribution in [1.29, 1.82) is 0 Å². The number of nitrogens with zero attached hydrogens (tertiary/aromatic N) is 2. The van der Waals surface area contributed by atoms with Crippen molar-refractivity contribution < 1.29 is 9.59 Å². The van der Waals surface area contributed by atoms with Crippen LogP contribution in [-0.4, -0.2) is 41.0 Å². The van der Waals surface area contributed by atoms with E-state index >= 15 is 0 Å². The van der Waals surface area contributed by atoms with Crippen molar-refractivity contribution in [3.8, 4) is 0 Å². The Labute approximate surface area is 124 Å². The van der Waals surface area contributed by atoms with Gasteiger partial charge in [-0.05, 0) is 31.9 Å². The number of hydrogen-bond donors (Lipinski definition) is 2. The first kappa shape index (κ1) is 15.3. The molecule has 1 aliphatic heterocycles. The molecule has 0 spiro atoms. The van der Waals surface area contributed by atoms with Crippen molar-refractivity contribution in [1.82, 2.24) is 20.5 Å². The first-order valence-electron chi connectivity index (χ1n) is 7.29. The summed E-state index contributed by atoms with van der Waals surface area (Å²) in [5.74, 6) is -0.0517. The molecule has 3 amide bonds. The van der Waals surface area contributed by atoms with E-state index in [0.717, 1.165) is 25.1 Å². The molecule has 2 N–H and O–H groups in total. The SMILES string of the molecule is CC(=O)N[C@H]1CCCN(C(=O)N[C@@H](C)c2ccccn2)C1. The Morgan fingerprint density at radius 3 is 2.90 bits per heavy atom. The van der Waals surface area contributed by atoms with Crippen molar-refractivity contribution in [3.05, 3.63) is 30.1 Å². The number of amides is 3. The highest BCUT2D eigenvalue weighted by molar-refractivity contribution is 5.75. The number of likely N-dealkylation sites (tertiary alicyclic amines) is 1. The van der Waals surface area contributed by atoms with E-state index < -0.39 is 0 Å². The zero-order chi connectivity index (χ0) is 15.2. The standard InChI is InChI=1S/C15H22N4O2/c1-11(14-7-3-4-8-16-14)17-15(21)19-9-5-6-13(10-19)18-12(2)20/h3-4,7-8,11,13H,5-6,9-10H2,1-2H3,(H,17,21)(H,18,20)/t11-,13-/m0/s1. The van der Waals surface area contributed by atoms with Gasteiger partial charge in [0.15, 0.2) is 0 Å². The molecule has 6 nitrogen and oxygen atoms in total. The lowest BCUT2D eigenvalue weighted by Gasteiger charge is -2.33. The summed E-state index contributed by atoms with van der Waals surface area (Å²) in [6, 6.07) is 5.44. The second kappa shape index (κ2) is 7.06. The average Bonchev–Trinajstić information content (AvgIpc) is 2.47. The Morgan fingerprint density at radius 1 is 1.43 bits per heavy atom. The summed E-state index contributed by atoms with van der Waals surface area (Å²) in [4.78, 5) is 29.4.